The molecule has 0 aliphatic carbocycles. The van der Waals surface area contributed by atoms with Gasteiger partial charge in [0.25, 0.3) is 0 Å². The van der Waals surface area contributed by atoms with Crippen molar-refractivity contribution in [3.05, 3.63) is 48.0 Å². The largest absolute Gasteiger partial charge is 0.342 e. The zero-order chi connectivity index (χ0) is 16.9. The van der Waals surface area contributed by atoms with Gasteiger partial charge in [0.2, 0.25) is 5.91 Å². The fraction of sp³-hybridized carbons (Fsp3) is 0.444. The smallest absolute Gasteiger partial charge is 0.236 e. The van der Waals surface area contributed by atoms with Crippen molar-refractivity contribution < 1.29 is 9.18 Å². The van der Waals surface area contributed by atoms with Crippen molar-refractivity contribution in [1.29, 1.82) is 0 Å². The number of nitrogens with zero attached hydrogens (tertiary/aromatic N) is 4. The molecule has 0 unspecified atom stereocenters. The van der Waals surface area contributed by atoms with Gasteiger partial charge < -0.3 is 4.90 Å². The quantitative estimate of drug-likeness (QED) is 0.846. The molecule has 1 amide bonds. The lowest BCUT2D eigenvalue weighted by molar-refractivity contribution is -0.131. The number of carbonyl (C=O) groups is 1. The Kier molecular flexibility index (Phi) is 5.25. The molecule has 2 aromatic rings. The summed E-state index contributed by atoms with van der Waals surface area (Å²) in [5, 5.41) is 4.54. The Bertz CT molecular complexity index is 683. The van der Waals surface area contributed by atoms with E-state index in [0.29, 0.717) is 13.1 Å². The molecule has 0 bridgehead atoms. The zero-order valence-electron chi connectivity index (χ0n) is 14.0. The van der Waals surface area contributed by atoms with Crippen LogP contribution < -0.4 is 0 Å². The van der Waals surface area contributed by atoms with Crippen LogP contribution in [0.25, 0.3) is 5.69 Å². The summed E-state index contributed by atoms with van der Waals surface area (Å²) in [5.41, 5.74) is 1.74. The molecule has 128 valence electrons. The molecule has 0 atom stereocenters. The number of hydrogen-bond acceptors (Lipinski definition) is 3. The van der Waals surface area contributed by atoms with Crippen molar-refractivity contribution in [3.8, 4) is 5.69 Å². The average Bonchev–Trinajstić information content (AvgIpc) is 2.95. The number of aromatic nitrogens is 2. The highest BCUT2D eigenvalue weighted by molar-refractivity contribution is 5.78. The molecular weight excluding hydrogens is 307 g/mol. The third kappa shape index (κ3) is 4.00. The SMILES string of the molecule is CCCN1CCCN(Cc2ccn(-c3ccc(F)cc3)n2)CC1=O. The predicted molar refractivity (Wildman–Crippen MR) is 90.3 cm³/mol. The lowest BCUT2D eigenvalue weighted by atomic mass is 10.3. The van der Waals surface area contributed by atoms with Crippen molar-refractivity contribution in [3.63, 3.8) is 0 Å². The van der Waals surface area contributed by atoms with Crippen molar-refractivity contribution in [1.82, 2.24) is 19.6 Å². The third-order valence-corrected chi connectivity index (χ3v) is 4.23. The second-order valence-electron chi connectivity index (χ2n) is 6.17. The number of amides is 1. The van der Waals surface area contributed by atoms with E-state index < -0.39 is 0 Å². The van der Waals surface area contributed by atoms with E-state index in [0.717, 1.165) is 43.9 Å². The van der Waals surface area contributed by atoms with E-state index >= 15 is 0 Å². The summed E-state index contributed by atoms with van der Waals surface area (Å²) in [7, 11) is 0. The van der Waals surface area contributed by atoms with E-state index in [1.54, 1.807) is 16.8 Å². The molecule has 24 heavy (non-hydrogen) atoms. The molecule has 1 aliphatic heterocycles. The summed E-state index contributed by atoms with van der Waals surface area (Å²) in [6.07, 6.45) is 3.85. The number of hydrogen-bond donors (Lipinski definition) is 0. The van der Waals surface area contributed by atoms with Crippen LogP contribution in [-0.2, 0) is 11.3 Å². The first kappa shape index (κ1) is 16.6. The molecule has 3 rings (SSSR count). The van der Waals surface area contributed by atoms with Gasteiger partial charge in [0.1, 0.15) is 5.82 Å². The minimum Gasteiger partial charge on any atom is -0.342 e. The first-order valence-corrected chi connectivity index (χ1v) is 8.46. The van der Waals surface area contributed by atoms with Gasteiger partial charge in [-0.25, -0.2) is 9.07 Å². The molecule has 0 spiro atoms. The van der Waals surface area contributed by atoms with E-state index in [4.69, 9.17) is 0 Å². The Morgan fingerprint density at radius 3 is 2.71 bits per heavy atom. The minimum absolute atomic E-state index is 0.201. The number of halogens is 1. The van der Waals surface area contributed by atoms with Crippen LogP contribution in [0.1, 0.15) is 25.5 Å². The molecule has 0 saturated carbocycles. The van der Waals surface area contributed by atoms with Gasteiger partial charge in [-0.2, -0.15) is 5.10 Å². The topological polar surface area (TPSA) is 41.4 Å². The molecular formula is C18H23FN4O. The van der Waals surface area contributed by atoms with Crippen LogP contribution in [0.3, 0.4) is 0 Å². The first-order valence-electron chi connectivity index (χ1n) is 8.46. The number of benzene rings is 1. The van der Waals surface area contributed by atoms with Gasteiger partial charge >= 0.3 is 0 Å². The van der Waals surface area contributed by atoms with E-state index in [1.807, 2.05) is 17.2 Å². The Labute approximate surface area is 141 Å². The molecule has 1 aromatic carbocycles. The second-order valence-corrected chi connectivity index (χ2v) is 6.17. The molecule has 6 heteroatoms. The molecule has 0 radical (unpaired) electrons. The highest BCUT2D eigenvalue weighted by Crippen LogP contribution is 2.12. The summed E-state index contributed by atoms with van der Waals surface area (Å²) in [6.45, 7) is 5.77. The minimum atomic E-state index is -0.258. The van der Waals surface area contributed by atoms with Crippen LogP contribution in [0.15, 0.2) is 36.5 Å². The maximum absolute atomic E-state index is 13.0. The van der Waals surface area contributed by atoms with Crippen LogP contribution in [0.4, 0.5) is 4.39 Å². The van der Waals surface area contributed by atoms with Crippen LogP contribution in [0, 0.1) is 5.82 Å². The van der Waals surface area contributed by atoms with Gasteiger partial charge in [-0.3, -0.25) is 9.69 Å². The third-order valence-electron chi connectivity index (χ3n) is 4.23. The van der Waals surface area contributed by atoms with Crippen LogP contribution in [0.2, 0.25) is 0 Å². The number of rotatable bonds is 5. The summed E-state index contributed by atoms with van der Waals surface area (Å²) in [6, 6.07) is 8.19. The summed E-state index contributed by atoms with van der Waals surface area (Å²) < 4.78 is 14.7. The van der Waals surface area contributed by atoms with E-state index in [1.165, 1.54) is 12.1 Å². The highest BCUT2D eigenvalue weighted by Gasteiger charge is 2.21. The van der Waals surface area contributed by atoms with Gasteiger partial charge in [0.15, 0.2) is 0 Å². The van der Waals surface area contributed by atoms with Gasteiger partial charge in [-0.15, -0.1) is 0 Å². The van der Waals surface area contributed by atoms with Crippen molar-refractivity contribution in [2.45, 2.75) is 26.3 Å². The standard InChI is InChI=1S/C18H23FN4O/c1-2-9-22-11-3-10-21(14-18(22)24)13-16-8-12-23(20-16)17-6-4-15(19)5-7-17/h4-8,12H,2-3,9-11,13-14H2,1H3. The molecule has 1 aliphatic rings. The van der Waals surface area contributed by atoms with Crippen LogP contribution in [0.5, 0.6) is 0 Å². The van der Waals surface area contributed by atoms with Crippen molar-refractivity contribution in [2.24, 2.45) is 0 Å². The maximum atomic E-state index is 13.0. The predicted octanol–water partition coefficient (Wildman–Crippen LogP) is 2.46. The molecule has 2 heterocycles. The summed E-state index contributed by atoms with van der Waals surface area (Å²) in [4.78, 5) is 16.4. The van der Waals surface area contributed by atoms with Gasteiger partial charge in [0, 0.05) is 32.4 Å². The van der Waals surface area contributed by atoms with E-state index in [2.05, 4.69) is 16.9 Å². The maximum Gasteiger partial charge on any atom is 0.236 e. The van der Waals surface area contributed by atoms with Gasteiger partial charge in [-0.05, 0) is 43.2 Å². The zero-order valence-corrected chi connectivity index (χ0v) is 14.0. The van der Waals surface area contributed by atoms with Crippen molar-refractivity contribution >= 4 is 5.91 Å². The Balaban J connectivity index is 1.64. The average molecular weight is 330 g/mol. The van der Waals surface area contributed by atoms with Crippen molar-refractivity contribution in [2.75, 3.05) is 26.2 Å². The highest BCUT2D eigenvalue weighted by atomic mass is 19.1. The molecule has 5 nitrogen and oxygen atoms in total. The van der Waals surface area contributed by atoms with Gasteiger partial charge in [-0.1, -0.05) is 6.92 Å². The Morgan fingerprint density at radius 2 is 1.96 bits per heavy atom. The van der Waals surface area contributed by atoms with Crippen LogP contribution >= 0.6 is 0 Å². The second kappa shape index (κ2) is 7.57. The number of carbonyl (C=O) groups excluding carboxylic acids is 1. The van der Waals surface area contributed by atoms with Crippen LogP contribution in [-0.4, -0.2) is 51.7 Å². The summed E-state index contributed by atoms with van der Waals surface area (Å²) in [5.74, 6) is -0.0573. The van der Waals surface area contributed by atoms with E-state index in [9.17, 15) is 9.18 Å². The molecule has 1 fully saturated rings. The van der Waals surface area contributed by atoms with Gasteiger partial charge in [0.05, 0.1) is 17.9 Å². The lowest BCUT2D eigenvalue weighted by Gasteiger charge is -2.20. The van der Waals surface area contributed by atoms with E-state index in [-0.39, 0.29) is 11.7 Å². The Hall–Kier alpha value is -2.21. The molecule has 1 aromatic heterocycles. The summed E-state index contributed by atoms with van der Waals surface area (Å²) >= 11 is 0. The normalized spacial score (nSPS) is 16.4. The fourth-order valence-electron chi connectivity index (χ4n) is 3.03. The lowest BCUT2D eigenvalue weighted by Crippen LogP contribution is -2.36. The molecule has 0 N–H and O–H groups in total. The molecule has 1 saturated heterocycles. The Morgan fingerprint density at radius 1 is 1.17 bits per heavy atom. The monoisotopic (exact) mass is 330 g/mol. The fourth-order valence-corrected chi connectivity index (χ4v) is 3.03. The first-order chi connectivity index (χ1) is 11.7.